The fraction of sp³-hybridized carbons (Fsp3) is 0.174. The standard InChI is InChI=1S/C23H22N4O3S/c1-15-19(12-13-21(28)24-17-8-10-18(30-2)11-9-17)22(29)27(26-15)23-25-20(14-31-23)16-6-4-3-5-7-16/h3-11,14,26H,12-13H2,1-2H3,(H,24,28). The second kappa shape index (κ2) is 9.01. The van der Waals surface area contributed by atoms with Crippen molar-refractivity contribution in [1.29, 1.82) is 0 Å². The summed E-state index contributed by atoms with van der Waals surface area (Å²) < 4.78 is 6.56. The largest absolute Gasteiger partial charge is 0.497 e. The number of hydrogen-bond donors (Lipinski definition) is 2. The molecular weight excluding hydrogens is 412 g/mol. The Kier molecular flexibility index (Phi) is 5.99. The van der Waals surface area contributed by atoms with Crippen LogP contribution in [-0.4, -0.2) is 27.8 Å². The number of benzene rings is 2. The van der Waals surface area contributed by atoms with Gasteiger partial charge in [-0.2, -0.15) is 4.68 Å². The number of anilines is 1. The number of thiazole rings is 1. The molecule has 0 bridgehead atoms. The van der Waals surface area contributed by atoms with Crippen molar-refractivity contribution in [1.82, 2.24) is 14.8 Å². The van der Waals surface area contributed by atoms with Crippen molar-refractivity contribution in [3.05, 3.63) is 81.6 Å². The summed E-state index contributed by atoms with van der Waals surface area (Å²) in [7, 11) is 1.59. The van der Waals surface area contributed by atoms with Gasteiger partial charge in [0.15, 0.2) is 0 Å². The molecule has 0 aliphatic rings. The molecule has 2 heterocycles. The molecule has 0 saturated heterocycles. The van der Waals surface area contributed by atoms with Gasteiger partial charge < -0.3 is 10.1 Å². The van der Waals surface area contributed by atoms with E-state index in [1.807, 2.05) is 42.6 Å². The highest BCUT2D eigenvalue weighted by atomic mass is 32.1. The molecule has 2 aromatic heterocycles. The number of aromatic nitrogens is 3. The van der Waals surface area contributed by atoms with Crippen LogP contribution in [0.3, 0.4) is 0 Å². The van der Waals surface area contributed by atoms with E-state index < -0.39 is 0 Å². The lowest BCUT2D eigenvalue weighted by Crippen LogP contribution is -2.19. The van der Waals surface area contributed by atoms with Gasteiger partial charge in [0, 0.05) is 34.3 Å². The summed E-state index contributed by atoms with van der Waals surface area (Å²) in [5, 5.41) is 8.42. The number of nitrogens with zero attached hydrogens (tertiary/aromatic N) is 2. The molecule has 0 radical (unpaired) electrons. The lowest BCUT2D eigenvalue weighted by molar-refractivity contribution is -0.116. The Hall–Kier alpha value is -3.65. The Bertz CT molecular complexity index is 1240. The van der Waals surface area contributed by atoms with Gasteiger partial charge in [0.05, 0.1) is 12.8 Å². The quantitative estimate of drug-likeness (QED) is 0.457. The Morgan fingerprint density at radius 1 is 1.16 bits per heavy atom. The van der Waals surface area contributed by atoms with E-state index in [4.69, 9.17) is 4.74 Å². The van der Waals surface area contributed by atoms with Crippen LogP contribution in [0.25, 0.3) is 16.4 Å². The van der Waals surface area contributed by atoms with Crippen LogP contribution >= 0.6 is 11.3 Å². The number of rotatable bonds is 7. The number of aryl methyl sites for hydroxylation is 1. The molecule has 4 rings (SSSR count). The Balaban J connectivity index is 1.45. The molecule has 0 unspecified atom stereocenters. The first-order valence-corrected chi connectivity index (χ1v) is 10.7. The SMILES string of the molecule is COc1ccc(NC(=O)CCc2c(C)[nH]n(-c3nc(-c4ccccc4)cs3)c2=O)cc1. The molecule has 0 saturated carbocycles. The van der Waals surface area contributed by atoms with Gasteiger partial charge >= 0.3 is 0 Å². The van der Waals surface area contributed by atoms with Gasteiger partial charge in [-0.3, -0.25) is 14.7 Å². The first kappa shape index (κ1) is 20.6. The molecule has 7 nitrogen and oxygen atoms in total. The number of methoxy groups -OCH3 is 1. The summed E-state index contributed by atoms with van der Waals surface area (Å²) >= 11 is 1.39. The van der Waals surface area contributed by atoms with Crippen molar-refractivity contribution in [2.24, 2.45) is 0 Å². The zero-order valence-corrected chi connectivity index (χ0v) is 18.0. The summed E-state index contributed by atoms with van der Waals surface area (Å²) in [6, 6.07) is 16.9. The minimum absolute atomic E-state index is 0.155. The van der Waals surface area contributed by atoms with Crippen molar-refractivity contribution in [3.63, 3.8) is 0 Å². The Labute approximate surface area is 183 Å². The van der Waals surface area contributed by atoms with E-state index in [-0.39, 0.29) is 17.9 Å². The zero-order valence-electron chi connectivity index (χ0n) is 17.2. The van der Waals surface area contributed by atoms with E-state index in [1.165, 1.54) is 16.0 Å². The summed E-state index contributed by atoms with van der Waals surface area (Å²) in [4.78, 5) is 29.9. The fourth-order valence-corrected chi connectivity index (χ4v) is 4.05. The van der Waals surface area contributed by atoms with Crippen LogP contribution in [0.1, 0.15) is 17.7 Å². The highest BCUT2D eigenvalue weighted by molar-refractivity contribution is 7.12. The number of H-pyrrole nitrogens is 1. The van der Waals surface area contributed by atoms with E-state index in [0.717, 1.165) is 22.7 Å². The molecule has 0 atom stereocenters. The molecule has 2 N–H and O–H groups in total. The monoisotopic (exact) mass is 434 g/mol. The Morgan fingerprint density at radius 3 is 2.61 bits per heavy atom. The van der Waals surface area contributed by atoms with E-state index in [2.05, 4.69) is 15.4 Å². The number of carbonyl (C=O) groups is 1. The molecule has 0 aliphatic heterocycles. The van der Waals surface area contributed by atoms with E-state index in [9.17, 15) is 9.59 Å². The van der Waals surface area contributed by atoms with E-state index in [1.54, 1.807) is 31.4 Å². The first-order chi connectivity index (χ1) is 15.0. The molecular formula is C23H22N4O3S. The van der Waals surface area contributed by atoms with Crippen LogP contribution in [0.15, 0.2) is 64.8 Å². The number of aromatic amines is 1. The minimum atomic E-state index is -0.177. The van der Waals surface area contributed by atoms with Crippen LogP contribution in [-0.2, 0) is 11.2 Å². The number of amides is 1. The highest BCUT2D eigenvalue weighted by Crippen LogP contribution is 2.23. The van der Waals surface area contributed by atoms with Crippen molar-refractivity contribution in [2.45, 2.75) is 19.8 Å². The Morgan fingerprint density at radius 2 is 1.90 bits per heavy atom. The molecule has 8 heteroatoms. The van der Waals surface area contributed by atoms with Gasteiger partial charge in [0.2, 0.25) is 11.0 Å². The van der Waals surface area contributed by atoms with Crippen molar-refractivity contribution in [3.8, 4) is 22.1 Å². The van der Waals surface area contributed by atoms with Crippen molar-refractivity contribution < 1.29 is 9.53 Å². The maximum absolute atomic E-state index is 12.9. The molecule has 2 aromatic carbocycles. The first-order valence-electron chi connectivity index (χ1n) is 9.81. The van der Waals surface area contributed by atoms with E-state index >= 15 is 0 Å². The van der Waals surface area contributed by atoms with Gasteiger partial charge in [-0.1, -0.05) is 30.3 Å². The van der Waals surface area contributed by atoms with Crippen LogP contribution < -0.4 is 15.6 Å². The van der Waals surface area contributed by atoms with Crippen molar-refractivity contribution in [2.75, 3.05) is 12.4 Å². The average Bonchev–Trinajstić information content (AvgIpc) is 3.38. The van der Waals surface area contributed by atoms with Gasteiger partial charge in [0.25, 0.3) is 5.56 Å². The topological polar surface area (TPSA) is 89.0 Å². The van der Waals surface area contributed by atoms with Gasteiger partial charge in [0.1, 0.15) is 5.75 Å². The van der Waals surface area contributed by atoms with Crippen LogP contribution in [0.2, 0.25) is 0 Å². The summed E-state index contributed by atoms with van der Waals surface area (Å²) in [5.74, 6) is 0.566. The lowest BCUT2D eigenvalue weighted by Gasteiger charge is -2.06. The third-order valence-corrected chi connectivity index (χ3v) is 5.75. The van der Waals surface area contributed by atoms with Crippen molar-refractivity contribution >= 4 is 22.9 Å². The molecule has 0 aliphatic carbocycles. The molecule has 31 heavy (non-hydrogen) atoms. The number of nitrogens with one attached hydrogen (secondary N) is 2. The van der Waals surface area contributed by atoms with E-state index in [0.29, 0.717) is 22.8 Å². The fourth-order valence-electron chi connectivity index (χ4n) is 3.26. The third-order valence-electron chi connectivity index (χ3n) is 4.92. The second-order valence-corrected chi connectivity index (χ2v) is 7.85. The van der Waals surface area contributed by atoms with Crippen LogP contribution in [0.4, 0.5) is 5.69 Å². The average molecular weight is 435 g/mol. The molecule has 0 spiro atoms. The predicted octanol–water partition coefficient (Wildman–Crippen LogP) is 4.18. The molecule has 4 aromatic rings. The summed E-state index contributed by atoms with van der Waals surface area (Å²) in [6.45, 7) is 1.83. The maximum Gasteiger partial charge on any atom is 0.276 e. The van der Waals surface area contributed by atoms with Crippen LogP contribution in [0.5, 0.6) is 5.75 Å². The molecule has 158 valence electrons. The zero-order chi connectivity index (χ0) is 21.8. The van der Waals surface area contributed by atoms with Gasteiger partial charge in [-0.25, -0.2) is 4.98 Å². The minimum Gasteiger partial charge on any atom is -0.497 e. The highest BCUT2D eigenvalue weighted by Gasteiger charge is 2.16. The third kappa shape index (κ3) is 4.59. The second-order valence-electron chi connectivity index (χ2n) is 7.01. The predicted molar refractivity (Wildman–Crippen MR) is 122 cm³/mol. The maximum atomic E-state index is 12.9. The van der Waals surface area contributed by atoms with Gasteiger partial charge in [-0.15, -0.1) is 11.3 Å². The van der Waals surface area contributed by atoms with Gasteiger partial charge in [-0.05, 0) is 37.6 Å². The number of hydrogen-bond acceptors (Lipinski definition) is 5. The summed E-state index contributed by atoms with van der Waals surface area (Å²) in [6.07, 6.45) is 0.542. The molecule has 1 amide bonds. The normalized spacial score (nSPS) is 10.8. The van der Waals surface area contributed by atoms with Crippen LogP contribution in [0, 0.1) is 6.92 Å². The number of ether oxygens (including phenoxy) is 1. The number of carbonyl (C=O) groups excluding carboxylic acids is 1. The lowest BCUT2D eigenvalue weighted by atomic mass is 10.1. The summed E-state index contributed by atoms with van der Waals surface area (Å²) in [5.41, 5.74) is 3.64. The smallest absolute Gasteiger partial charge is 0.276 e. The molecule has 0 fully saturated rings.